The van der Waals surface area contributed by atoms with Gasteiger partial charge in [0.15, 0.2) is 0 Å². The third-order valence-electron chi connectivity index (χ3n) is 4.05. The summed E-state index contributed by atoms with van der Waals surface area (Å²) in [5, 5.41) is 3.18. The summed E-state index contributed by atoms with van der Waals surface area (Å²) in [6.07, 6.45) is 1.70. The van der Waals surface area contributed by atoms with Crippen molar-refractivity contribution in [2.45, 2.75) is 19.8 Å². The lowest BCUT2D eigenvalue weighted by Crippen LogP contribution is -2.52. The molecule has 2 amide bonds. The first-order chi connectivity index (χ1) is 8.09. The Balaban J connectivity index is 1.91. The minimum Gasteiger partial charge on any atom is -0.369 e. The summed E-state index contributed by atoms with van der Waals surface area (Å²) in [5.41, 5.74) is 5.32. The average molecular weight is 239 g/mol. The van der Waals surface area contributed by atoms with Crippen LogP contribution in [0.2, 0.25) is 0 Å². The van der Waals surface area contributed by atoms with Gasteiger partial charge >= 0.3 is 0 Å². The van der Waals surface area contributed by atoms with Crippen molar-refractivity contribution >= 4 is 11.8 Å². The molecule has 5 heteroatoms. The van der Waals surface area contributed by atoms with Crippen LogP contribution in [0.1, 0.15) is 19.8 Å². The summed E-state index contributed by atoms with van der Waals surface area (Å²) in [6.45, 7) is 5.13. The number of piperidine rings is 1. The predicted octanol–water partition coefficient (Wildman–Crippen LogP) is -0.434. The van der Waals surface area contributed by atoms with Crippen LogP contribution in [0.25, 0.3) is 0 Å². The summed E-state index contributed by atoms with van der Waals surface area (Å²) in [7, 11) is 0. The highest BCUT2D eigenvalue weighted by Gasteiger charge is 2.34. The van der Waals surface area contributed by atoms with Gasteiger partial charge in [-0.25, -0.2) is 0 Å². The zero-order valence-electron chi connectivity index (χ0n) is 10.3. The average Bonchev–Trinajstić information content (AvgIpc) is 2.25. The first-order valence-corrected chi connectivity index (χ1v) is 6.38. The minimum atomic E-state index is -0.277. The van der Waals surface area contributed by atoms with Gasteiger partial charge in [0.2, 0.25) is 11.8 Å². The van der Waals surface area contributed by atoms with Crippen LogP contribution in [-0.4, -0.2) is 42.9 Å². The van der Waals surface area contributed by atoms with E-state index in [1.54, 1.807) is 0 Å². The summed E-state index contributed by atoms with van der Waals surface area (Å²) >= 11 is 0. The molecule has 0 bridgehead atoms. The van der Waals surface area contributed by atoms with Crippen LogP contribution in [0, 0.1) is 17.8 Å². The lowest BCUT2D eigenvalue weighted by atomic mass is 9.87. The van der Waals surface area contributed by atoms with Gasteiger partial charge in [0, 0.05) is 19.0 Å². The third-order valence-corrected chi connectivity index (χ3v) is 4.05. The number of nitrogens with zero attached hydrogens (tertiary/aromatic N) is 1. The number of primary amides is 1. The van der Waals surface area contributed by atoms with Gasteiger partial charge in [-0.2, -0.15) is 0 Å². The van der Waals surface area contributed by atoms with Crippen LogP contribution in [-0.2, 0) is 9.59 Å². The van der Waals surface area contributed by atoms with Crippen molar-refractivity contribution in [1.29, 1.82) is 0 Å². The topological polar surface area (TPSA) is 75.4 Å². The van der Waals surface area contributed by atoms with Gasteiger partial charge < -0.3 is 16.0 Å². The Morgan fingerprint density at radius 2 is 2.12 bits per heavy atom. The first kappa shape index (κ1) is 12.4. The molecular formula is C12H21N3O2. The van der Waals surface area contributed by atoms with E-state index >= 15 is 0 Å². The molecule has 0 aromatic heterocycles. The molecule has 2 unspecified atom stereocenters. The van der Waals surface area contributed by atoms with Crippen molar-refractivity contribution < 1.29 is 9.59 Å². The number of amides is 2. The molecule has 0 aliphatic carbocycles. The Hall–Kier alpha value is -1.10. The molecule has 2 fully saturated rings. The van der Waals surface area contributed by atoms with Crippen LogP contribution in [0.5, 0.6) is 0 Å². The van der Waals surface area contributed by atoms with E-state index in [4.69, 9.17) is 5.73 Å². The second-order valence-corrected chi connectivity index (χ2v) is 5.23. The Bertz CT molecular complexity index is 315. The number of hydrogen-bond donors (Lipinski definition) is 2. The molecule has 0 spiro atoms. The van der Waals surface area contributed by atoms with E-state index in [-0.39, 0.29) is 23.7 Å². The fourth-order valence-electron chi connectivity index (χ4n) is 2.56. The van der Waals surface area contributed by atoms with Gasteiger partial charge in [-0.3, -0.25) is 9.59 Å². The smallest absolute Gasteiger partial charge is 0.225 e. The molecule has 0 saturated carbocycles. The molecule has 2 aliphatic rings. The second-order valence-electron chi connectivity index (χ2n) is 5.23. The van der Waals surface area contributed by atoms with Crippen LogP contribution in [0.15, 0.2) is 0 Å². The van der Waals surface area contributed by atoms with E-state index in [0.29, 0.717) is 12.5 Å². The Kier molecular flexibility index (Phi) is 3.66. The van der Waals surface area contributed by atoms with Crippen molar-refractivity contribution in [3.63, 3.8) is 0 Å². The SMILES string of the molecule is CC(C(=O)N1CCCC(C(N)=O)C1)C1CNC1. The van der Waals surface area contributed by atoms with E-state index in [9.17, 15) is 9.59 Å². The van der Waals surface area contributed by atoms with Gasteiger partial charge in [0.1, 0.15) is 0 Å². The highest BCUT2D eigenvalue weighted by molar-refractivity contribution is 5.81. The number of rotatable bonds is 3. The van der Waals surface area contributed by atoms with Gasteiger partial charge in [0.25, 0.3) is 0 Å². The lowest BCUT2D eigenvalue weighted by molar-refractivity contribution is -0.140. The Labute approximate surface area is 102 Å². The molecule has 0 aromatic carbocycles. The van der Waals surface area contributed by atoms with Gasteiger partial charge in [0.05, 0.1) is 5.92 Å². The van der Waals surface area contributed by atoms with E-state index < -0.39 is 0 Å². The Morgan fingerprint density at radius 1 is 1.41 bits per heavy atom. The molecule has 2 heterocycles. The molecule has 0 radical (unpaired) electrons. The zero-order chi connectivity index (χ0) is 12.4. The number of hydrogen-bond acceptors (Lipinski definition) is 3. The zero-order valence-corrected chi connectivity index (χ0v) is 10.3. The van der Waals surface area contributed by atoms with E-state index in [0.717, 1.165) is 32.5 Å². The van der Waals surface area contributed by atoms with Crippen LogP contribution in [0.3, 0.4) is 0 Å². The summed E-state index contributed by atoms with van der Waals surface area (Å²) in [5.74, 6) is 0.265. The van der Waals surface area contributed by atoms with Crippen molar-refractivity contribution in [2.24, 2.45) is 23.5 Å². The maximum Gasteiger partial charge on any atom is 0.225 e. The molecule has 2 saturated heterocycles. The van der Waals surface area contributed by atoms with Crippen molar-refractivity contribution in [3.05, 3.63) is 0 Å². The highest BCUT2D eigenvalue weighted by Crippen LogP contribution is 2.22. The largest absolute Gasteiger partial charge is 0.369 e. The number of carbonyl (C=O) groups is 2. The monoisotopic (exact) mass is 239 g/mol. The van der Waals surface area contributed by atoms with Gasteiger partial charge in [-0.1, -0.05) is 6.92 Å². The third kappa shape index (κ3) is 2.60. The van der Waals surface area contributed by atoms with E-state index in [1.807, 2.05) is 11.8 Å². The minimum absolute atomic E-state index is 0.0582. The molecule has 5 nitrogen and oxygen atoms in total. The molecule has 2 aliphatic heterocycles. The van der Waals surface area contributed by atoms with Crippen molar-refractivity contribution in [3.8, 4) is 0 Å². The quantitative estimate of drug-likeness (QED) is 0.701. The molecule has 0 aromatic rings. The lowest BCUT2D eigenvalue weighted by Gasteiger charge is -2.37. The highest BCUT2D eigenvalue weighted by atomic mass is 16.2. The summed E-state index contributed by atoms with van der Waals surface area (Å²) in [6, 6.07) is 0. The molecule has 17 heavy (non-hydrogen) atoms. The van der Waals surface area contributed by atoms with Gasteiger partial charge in [-0.15, -0.1) is 0 Å². The molecule has 3 N–H and O–H groups in total. The predicted molar refractivity (Wildman–Crippen MR) is 64.0 cm³/mol. The van der Waals surface area contributed by atoms with Crippen LogP contribution < -0.4 is 11.1 Å². The van der Waals surface area contributed by atoms with E-state index in [1.165, 1.54) is 0 Å². The maximum atomic E-state index is 12.2. The maximum absolute atomic E-state index is 12.2. The molecule has 2 atom stereocenters. The van der Waals surface area contributed by atoms with Crippen LogP contribution in [0.4, 0.5) is 0 Å². The van der Waals surface area contributed by atoms with Crippen molar-refractivity contribution in [2.75, 3.05) is 26.2 Å². The number of carbonyl (C=O) groups excluding carboxylic acids is 2. The fraction of sp³-hybridized carbons (Fsp3) is 0.833. The normalized spacial score (nSPS) is 27.4. The second kappa shape index (κ2) is 5.04. The standard InChI is InChI=1S/C12H21N3O2/c1-8(10-5-14-6-10)12(17)15-4-2-3-9(7-15)11(13)16/h8-10,14H,2-7H2,1H3,(H2,13,16). The number of likely N-dealkylation sites (tertiary alicyclic amines) is 1. The fourth-order valence-corrected chi connectivity index (χ4v) is 2.56. The van der Waals surface area contributed by atoms with Gasteiger partial charge in [-0.05, 0) is 31.8 Å². The Morgan fingerprint density at radius 3 is 2.65 bits per heavy atom. The van der Waals surface area contributed by atoms with Crippen LogP contribution >= 0.6 is 0 Å². The number of nitrogens with two attached hydrogens (primary N) is 1. The molecule has 96 valence electrons. The van der Waals surface area contributed by atoms with E-state index in [2.05, 4.69) is 5.32 Å². The first-order valence-electron chi connectivity index (χ1n) is 6.38. The molecular weight excluding hydrogens is 218 g/mol. The summed E-state index contributed by atoms with van der Waals surface area (Å²) in [4.78, 5) is 25.2. The summed E-state index contributed by atoms with van der Waals surface area (Å²) < 4.78 is 0. The van der Waals surface area contributed by atoms with Crippen molar-refractivity contribution in [1.82, 2.24) is 10.2 Å². The molecule has 2 rings (SSSR count). The number of nitrogens with one attached hydrogen (secondary N) is 1.